The molecule has 0 aliphatic rings. The highest BCUT2D eigenvalue weighted by atomic mass is 32.1. The molecule has 3 heteroatoms. The number of rotatable bonds is 3. The fourth-order valence-electron chi connectivity index (χ4n) is 0.364. The van der Waals surface area contributed by atoms with Gasteiger partial charge >= 0.3 is 0 Å². The van der Waals surface area contributed by atoms with Crippen LogP contribution in [-0.2, 0) is 4.79 Å². The predicted molar refractivity (Wildman–Crippen MR) is 37.1 cm³/mol. The van der Waals surface area contributed by atoms with Crippen LogP contribution in [-0.4, -0.2) is 17.6 Å². The first-order valence-corrected chi connectivity index (χ1v) is 3.24. The third-order valence-corrected chi connectivity index (χ3v) is 1.35. The van der Waals surface area contributed by atoms with E-state index in [9.17, 15) is 4.79 Å². The number of nitrogens with two attached hydrogens (primary N) is 1. The number of thiol groups is 1. The summed E-state index contributed by atoms with van der Waals surface area (Å²) in [7, 11) is 0. The molecule has 2 nitrogen and oxygen atoms in total. The molecule has 0 bridgehead atoms. The second-order valence-electron chi connectivity index (χ2n) is 1.61. The van der Waals surface area contributed by atoms with Crippen LogP contribution in [0.1, 0.15) is 13.3 Å². The lowest BCUT2D eigenvalue weighted by Crippen LogP contribution is -2.31. The van der Waals surface area contributed by atoms with Crippen LogP contribution in [0.15, 0.2) is 0 Å². The zero-order chi connectivity index (χ0) is 6.57. The van der Waals surface area contributed by atoms with E-state index < -0.39 is 0 Å². The molecule has 2 N–H and O–H groups in total. The summed E-state index contributed by atoms with van der Waals surface area (Å²) in [6.45, 7) is 1.80. The molecule has 0 amide bonds. The van der Waals surface area contributed by atoms with E-state index in [0.717, 1.165) is 0 Å². The van der Waals surface area contributed by atoms with Gasteiger partial charge in [-0.2, -0.15) is 12.6 Å². The summed E-state index contributed by atoms with van der Waals surface area (Å²) in [5.74, 6) is 0.534. The van der Waals surface area contributed by atoms with Gasteiger partial charge in [-0.25, -0.2) is 0 Å². The average Bonchev–Trinajstić information content (AvgIpc) is 1.84. The molecule has 0 aromatic rings. The third-order valence-electron chi connectivity index (χ3n) is 0.959. The normalized spacial score (nSPS) is 13.4. The number of carbonyl (C=O) groups excluding carboxylic acids is 1. The van der Waals surface area contributed by atoms with Gasteiger partial charge in [0, 0.05) is 12.2 Å². The highest BCUT2D eigenvalue weighted by Crippen LogP contribution is 1.88. The molecule has 0 heterocycles. The molecule has 0 aromatic carbocycles. The molecular weight excluding hydrogens is 122 g/mol. The van der Waals surface area contributed by atoms with E-state index in [1.807, 2.05) is 0 Å². The summed E-state index contributed by atoms with van der Waals surface area (Å²) in [6, 6.07) is -0.358. The van der Waals surface area contributed by atoms with Crippen molar-refractivity contribution in [3.05, 3.63) is 0 Å². The van der Waals surface area contributed by atoms with E-state index in [4.69, 9.17) is 5.73 Å². The Labute approximate surface area is 54.9 Å². The van der Waals surface area contributed by atoms with Crippen LogP contribution in [0.4, 0.5) is 0 Å². The predicted octanol–water partition coefficient (Wildman–Crippen LogP) is 0.223. The Morgan fingerprint density at radius 1 is 1.88 bits per heavy atom. The van der Waals surface area contributed by atoms with Gasteiger partial charge in [0.25, 0.3) is 0 Å². The molecule has 0 radical (unpaired) electrons. The lowest BCUT2D eigenvalue weighted by atomic mass is 10.2. The van der Waals surface area contributed by atoms with E-state index >= 15 is 0 Å². The largest absolute Gasteiger partial charge is 0.321 e. The van der Waals surface area contributed by atoms with Gasteiger partial charge in [0.05, 0.1) is 6.04 Å². The first kappa shape index (κ1) is 7.98. The number of ketones is 1. The molecule has 8 heavy (non-hydrogen) atoms. The molecule has 0 spiro atoms. The summed E-state index contributed by atoms with van der Waals surface area (Å²) in [4.78, 5) is 10.6. The molecule has 0 aliphatic carbocycles. The second-order valence-corrected chi connectivity index (χ2v) is 1.97. The molecule has 0 fully saturated rings. The zero-order valence-corrected chi connectivity index (χ0v) is 5.82. The number of Topliss-reactive ketones (excluding diaryl/α,β-unsaturated/α-hetero) is 1. The molecule has 0 unspecified atom stereocenters. The fourth-order valence-corrected chi connectivity index (χ4v) is 0.568. The van der Waals surface area contributed by atoms with Crippen molar-refractivity contribution >= 4 is 18.4 Å². The maximum absolute atomic E-state index is 10.6. The number of carbonyl (C=O) groups is 1. The van der Waals surface area contributed by atoms with E-state index in [1.165, 1.54) is 0 Å². The van der Waals surface area contributed by atoms with Crippen molar-refractivity contribution in [1.29, 1.82) is 0 Å². The monoisotopic (exact) mass is 133 g/mol. The highest BCUT2D eigenvalue weighted by molar-refractivity contribution is 7.80. The smallest absolute Gasteiger partial charge is 0.150 e. The van der Waals surface area contributed by atoms with Gasteiger partial charge < -0.3 is 5.73 Å². The third kappa shape index (κ3) is 2.33. The summed E-state index contributed by atoms with van der Waals surface area (Å²) in [5, 5.41) is 0. The minimum atomic E-state index is -0.358. The molecule has 0 saturated carbocycles. The summed E-state index contributed by atoms with van der Waals surface area (Å²) in [6.07, 6.45) is 0.516. The lowest BCUT2D eigenvalue weighted by molar-refractivity contribution is -0.119. The SMILES string of the molecule is CCC(=O)[C@@H](N)CS. The maximum Gasteiger partial charge on any atom is 0.150 e. The second kappa shape index (κ2) is 3.92. The Hall–Kier alpha value is -0.0200. The number of hydrogen-bond acceptors (Lipinski definition) is 3. The first-order valence-electron chi connectivity index (χ1n) is 2.61. The molecule has 1 atom stereocenters. The van der Waals surface area contributed by atoms with Gasteiger partial charge in [0.2, 0.25) is 0 Å². The Bertz CT molecular complexity index is 84.5. The molecule has 0 saturated heterocycles. The van der Waals surface area contributed by atoms with E-state index in [-0.39, 0.29) is 11.8 Å². The van der Waals surface area contributed by atoms with Crippen LogP contribution in [0.5, 0.6) is 0 Å². The van der Waals surface area contributed by atoms with Gasteiger partial charge in [-0.3, -0.25) is 4.79 Å². The Balaban J connectivity index is 3.46. The van der Waals surface area contributed by atoms with Crippen LogP contribution < -0.4 is 5.73 Å². The highest BCUT2D eigenvalue weighted by Gasteiger charge is 2.06. The van der Waals surface area contributed by atoms with Crippen molar-refractivity contribution in [3.8, 4) is 0 Å². The number of hydrogen-bond donors (Lipinski definition) is 2. The fraction of sp³-hybridized carbons (Fsp3) is 0.800. The van der Waals surface area contributed by atoms with Crippen molar-refractivity contribution in [2.45, 2.75) is 19.4 Å². The standard InChI is InChI=1S/C5H11NOS/c1-2-5(7)4(6)3-8/h4,8H,2-3,6H2,1H3/t4-/m0/s1. The molecular formula is C5H11NOS. The van der Waals surface area contributed by atoms with Crippen LogP contribution in [0.2, 0.25) is 0 Å². The van der Waals surface area contributed by atoms with Crippen molar-refractivity contribution in [2.75, 3.05) is 5.75 Å². The van der Waals surface area contributed by atoms with E-state index in [2.05, 4.69) is 12.6 Å². The summed E-state index contributed by atoms with van der Waals surface area (Å²) < 4.78 is 0. The molecule has 0 aromatic heterocycles. The van der Waals surface area contributed by atoms with Crippen molar-refractivity contribution in [2.24, 2.45) is 5.73 Å². The molecule has 48 valence electrons. The Morgan fingerprint density at radius 2 is 2.38 bits per heavy atom. The Kier molecular flexibility index (Phi) is 3.91. The van der Waals surface area contributed by atoms with Crippen molar-refractivity contribution in [3.63, 3.8) is 0 Å². The van der Waals surface area contributed by atoms with Crippen LogP contribution >= 0.6 is 12.6 Å². The summed E-state index contributed by atoms with van der Waals surface area (Å²) >= 11 is 3.86. The summed E-state index contributed by atoms with van der Waals surface area (Å²) in [5.41, 5.74) is 5.30. The quantitative estimate of drug-likeness (QED) is 0.541. The van der Waals surface area contributed by atoms with E-state index in [0.29, 0.717) is 12.2 Å². The van der Waals surface area contributed by atoms with Crippen molar-refractivity contribution < 1.29 is 4.79 Å². The topological polar surface area (TPSA) is 43.1 Å². The first-order chi connectivity index (χ1) is 3.72. The maximum atomic E-state index is 10.6. The zero-order valence-electron chi connectivity index (χ0n) is 4.92. The van der Waals surface area contributed by atoms with Gasteiger partial charge in [0.15, 0.2) is 0 Å². The Morgan fingerprint density at radius 3 is 2.50 bits per heavy atom. The van der Waals surface area contributed by atoms with Crippen LogP contribution in [0, 0.1) is 0 Å². The van der Waals surface area contributed by atoms with E-state index in [1.54, 1.807) is 6.92 Å². The minimum absolute atomic E-state index is 0.0833. The van der Waals surface area contributed by atoms with Gasteiger partial charge in [-0.05, 0) is 0 Å². The average molecular weight is 133 g/mol. The van der Waals surface area contributed by atoms with Gasteiger partial charge in [-0.15, -0.1) is 0 Å². The lowest BCUT2D eigenvalue weighted by Gasteiger charge is -2.01. The van der Waals surface area contributed by atoms with Crippen LogP contribution in [0.25, 0.3) is 0 Å². The molecule has 0 aliphatic heterocycles. The molecule has 0 rings (SSSR count). The minimum Gasteiger partial charge on any atom is -0.321 e. The van der Waals surface area contributed by atoms with Gasteiger partial charge in [-0.1, -0.05) is 6.92 Å². The van der Waals surface area contributed by atoms with Gasteiger partial charge in [0.1, 0.15) is 5.78 Å². The van der Waals surface area contributed by atoms with Crippen LogP contribution in [0.3, 0.4) is 0 Å². The van der Waals surface area contributed by atoms with Crippen molar-refractivity contribution in [1.82, 2.24) is 0 Å².